The Kier molecular flexibility index (Phi) is 6.34. The van der Waals surface area contributed by atoms with Gasteiger partial charge in [-0.15, -0.1) is 16.4 Å². The molecule has 0 aliphatic rings. The smallest absolute Gasteiger partial charge is 0.175 e. The summed E-state index contributed by atoms with van der Waals surface area (Å²) >= 11 is 1.71. The van der Waals surface area contributed by atoms with Crippen LogP contribution in [0.5, 0.6) is 5.75 Å². The number of aryl methyl sites for hydroxylation is 1. The van der Waals surface area contributed by atoms with Crippen LogP contribution in [0.1, 0.15) is 47.5 Å². The Morgan fingerprint density at radius 3 is 2.80 bits per heavy atom. The Hall–Kier alpha value is -3.26. The lowest BCUT2D eigenvalue weighted by Crippen LogP contribution is -2.07. The van der Waals surface area contributed by atoms with Crippen molar-refractivity contribution >= 4 is 23.0 Å². The molecule has 4 aromatic rings. The summed E-state index contributed by atoms with van der Waals surface area (Å²) in [6, 6.07) is 11.5. The number of hydrogen-bond acceptors (Lipinski definition) is 6. The quantitative estimate of drug-likeness (QED) is 0.420. The van der Waals surface area contributed by atoms with Crippen molar-refractivity contribution in [2.75, 3.05) is 0 Å². The monoisotopic (exact) mass is 420 g/mol. The van der Waals surface area contributed by atoms with Crippen LogP contribution in [-0.4, -0.2) is 35.3 Å². The number of phenols is 1. The largest absolute Gasteiger partial charge is 0.508 e. The fraction of sp³-hybridized carbons (Fsp3) is 0.273. The minimum atomic E-state index is 0.270. The van der Waals surface area contributed by atoms with Crippen LogP contribution in [0.25, 0.3) is 11.6 Å². The number of aromatic hydroxyl groups is 1. The maximum Gasteiger partial charge on any atom is 0.175 e. The van der Waals surface area contributed by atoms with E-state index in [2.05, 4.69) is 49.6 Å². The van der Waals surface area contributed by atoms with Crippen molar-refractivity contribution in [1.82, 2.24) is 30.2 Å². The van der Waals surface area contributed by atoms with Gasteiger partial charge in [-0.3, -0.25) is 0 Å². The lowest BCUT2D eigenvalue weighted by molar-refractivity contribution is 0.475. The molecule has 0 spiro atoms. The molecule has 154 valence electrons. The zero-order chi connectivity index (χ0) is 20.8. The van der Waals surface area contributed by atoms with Crippen molar-refractivity contribution < 1.29 is 5.11 Å². The molecule has 3 heterocycles. The first-order valence-electron chi connectivity index (χ1n) is 10.0. The van der Waals surface area contributed by atoms with Gasteiger partial charge in [0.2, 0.25) is 0 Å². The van der Waals surface area contributed by atoms with Crippen LogP contribution in [0.2, 0.25) is 0 Å². The van der Waals surface area contributed by atoms with Crippen LogP contribution in [0.15, 0.2) is 48.0 Å². The summed E-state index contributed by atoms with van der Waals surface area (Å²) < 4.78 is 2.24. The van der Waals surface area contributed by atoms with E-state index in [1.54, 1.807) is 23.5 Å². The van der Waals surface area contributed by atoms with Crippen LogP contribution in [0.3, 0.4) is 0 Å². The summed E-state index contributed by atoms with van der Waals surface area (Å²) in [5.41, 5.74) is 3.13. The average molecular weight is 421 g/mol. The Labute approximate surface area is 179 Å². The number of rotatable bonds is 9. The molecule has 0 aliphatic carbocycles. The van der Waals surface area contributed by atoms with Gasteiger partial charge in [0, 0.05) is 29.8 Å². The molecule has 0 amide bonds. The Balaban J connectivity index is 1.71. The summed E-state index contributed by atoms with van der Waals surface area (Å²) in [7, 11) is 0. The zero-order valence-corrected chi connectivity index (χ0v) is 17.6. The normalized spacial score (nSPS) is 11.8. The minimum Gasteiger partial charge on any atom is -0.508 e. The van der Waals surface area contributed by atoms with Gasteiger partial charge in [-0.2, -0.15) is 0 Å². The van der Waals surface area contributed by atoms with E-state index in [9.17, 15) is 5.11 Å². The fourth-order valence-electron chi connectivity index (χ4n) is 3.32. The van der Waals surface area contributed by atoms with Crippen molar-refractivity contribution in [2.24, 2.45) is 0 Å². The maximum atomic E-state index is 9.61. The molecule has 0 saturated heterocycles. The highest BCUT2D eigenvalue weighted by molar-refractivity contribution is 7.10. The molecule has 0 saturated carbocycles. The molecule has 0 fully saturated rings. The maximum absolute atomic E-state index is 9.61. The number of imidazole rings is 1. The Morgan fingerprint density at radius 1 is 1.23 bits per heavy atom. The van der Waals surface area contributed by atoms with Crippen LogP contribution < -0.4 is 0 Å². The van der Waals surface area contributed by atoms with Crippen LogP contribution in [0, 0.1) is 0 Å². The van der Waals surface area contributed by atoms with E-state index in [1.165, 1.54) is 4.88 Å². The first-order valence-corrected chi connectivity index (χ1v) is 10.9. The number of nitrogens with zero attached hydrogens (tertiary/aromatic N) is 5. The molecule has 0 radical (unpaired) electrons. The number of phenolic OH excluding ortho intramolecular Hbond substituents is 1. The highest BCUT2D eigenvalue weighted by Gasteiger charge is 2.13. The van der Waals surface area contributed by atoms with E-state index in [-0.39, 0.29) is 5.75 Å². The van der Waals surface area contributed by atoms with Crippen molar-refractivity contribution in [3.63, 3.8) is 0 Å². The van der Waals surface area contributed by atoms with E-state index < -0.39 is 0 Å². The SMILES string of the molecule is CCCCc1ncc(/C=C(\Cc2cccs2)c2nnn[nH]2)n1Cc1ccc(O)cc1. The second kappa shape index (κ2) is 9.49. The van der Waals surface area contributed by atoms with Gasteiger partial charge in [0.25, 0.3) is 0 Å². The number of tetrazole rings is 1. The van der Waals surface area contributed by atoms with E-state index in [4.69, 9.17) is 4.98 Å². The molecule has 30 heavy (non-hydrogen) atoms. The number of allylic oxidation sites excluding steroid dienone is 1. The summed E-state index contributed by atoms with van der Waals surface area (Å²) in [4.78, 5) is 5.95. The third-order valence-corrected chi connectivity index (χ3v) is 5.79. The molecular formula is C22H24N6OS. The van der Waals surface area contributed by atoms with Gasteiger partial charge < -0.3 is 9.67 Å². The summed E-state index contributed by atoms with van der Waals surface area (Å²) in [6.45, 7) is 2.87. The standard InChI is InChI=1S/C22H24N6OS/c1-2-3-6-21-23-14-18(28(21)15-16-7-9-19(29)10-8-16)12-17(22-24-26-27-25-22)13-20-5-4-11-30-20/h4-5,7-12,14,29H,2-3,6,13,15H2,1H3,(H,24,25,26,27)/b17-12+. The van der Waals surface area contributed by atoms with Gasteiger partial charge in [-0.05, 0) is 52.1 Å². The number of unbranched alkanes of at least 4 members (excludes halogenated alkanes) is 1. The van der Waals surface area contributed by atoms with Crippen molar-refractivity contribution in [3.05, 3.63) is 75.8 Å². The Bertz CT molecular complexity index is 1080. The molecule has 0 bridgehead atoms. The second-order valence-corrected chi connectivity index (χ2v) is 8.16. The van der Waals surface area contributed by atoms with Gasteiger partial charge in [-0.1, -0.05) is 31.5 Å². The van der Waals surface area contributed by atoms with Gasteiger partial charge in [0.05, 0.1) is 11.9 Å². The summed E-state index contributed by atoms with van der Waals surface area (Å²) in [5.74, 6) is 1.99. The lowest BCUT2D eigenvalue weighted by Gasteiger charge is -2.12. The number of H-pyrrole nitrogens is 1. The zero-order valence-electron chi connectivity index (χ0n) is 16.8. The number of aromatic amines is 1. The molecule has 0 aliphatic heterocycles. The molecule has 1 aromatic carbocycles. The minimum absolute atomic E-state index is 0.270. The molecule has 8 heteroatoms. The third kappa shape index (κ3) is 4.83. The first-order chi connectivity index (χ1) is 14.7. The van der Waals surface area contributed by atoms with Gasteiger partial charge in [0.1, 0.15) is 11.6 Å². The number of aromatic nitrogens is 6. The molecule has 2 N–H and O–H groups in total. The topological polar surface area (TPSA) is 92.5 Å². The second-order valence-electron chi connectivity index (χ2n) is 7.13. The predicted octanol–water partition coefficient (Wildman–Crippen LogP) is 4.34. The number of thiophene rings is 1. The summed E-state index contributed by atoms with van der Waals surface area (Å²) in [6.07, 6.45) is 7.90. The predicted molar refractivity (Wildman–Crippen MR) is 118 cm³/mol. The molecule has 3 aromatic heterocycles. The number of benzene rings is 1. The third-order valence-electron chi connectivity index (χ3n) is 4.92. The fourth-order valence-corrected chi connectivity index (χ4v) is 4.05. The number of hydrogen-bond donors (Lipinski definition) is 2. The average Bonchev–Trinajstić information content (AvgIpc) is 3.51. The highest BCUT2D eigenvalue weighted by Crippen LogP contribution is 2.24. The lowest BCUT2D eigenvalue weighted by atomic mass is 10.1. The van der Waals surface area contributed by atoms with E-state index in [0.29, 0.717) is 12.4 Å². The van der Waals surface area contributed by atoms with Crippen molar-refractivity contribution in [2.45, 2.75) is 39.2 Å². The summed E-state index contributed by atoms with van der Waals surface area (Å²) in [5, 5.41) is 26.2. The Morgan fingerprint density at radius 2 is 2.10 bits per heavy atom. The molecule has 4 rings (SSSR count). The molecular weight excluding hydrogens is 396 g/mol. The van der Waals surface area contributed by atoms with Gasteiger partial charge >= 0.3 is 0 Å². The van der Waals surface area contributed by atoms with Crippen LogP contribution >= 0.6 is 11.3 Å². The highest BCUT2D eigenvalue weighted by atomic mass is 32.1. The van der Waals surface area contributed by atoms with E-state index in [0.717, 1.165) is 48.3 Å². The molecule has 7 nitrogen and oxygen atoms in total. The molecule has 0 unspecified atom stereocenters. The van der Waals surface area contributed by atoms with Crippen LogP contribution in [-0.2, 0) is 19.4 Å². The van der Waals surface area contributed by atoms with Crippen LogP contribution in [0.4, 0.5) is 0 Å². The van der Waals surface area contributed by atoms with Crippen molar-refractivity contribution in [1.29, 1.82) is 0 Å². The number of nitrogens with one attached hydrogen (secondary N) is 1. The van der Waals surface area contributed by atoms with Gasteiger partial charge in [-0.25, -0.2) is 10.1 Å². The van der Waals surface area contributed by atoms with E-state index >= 15 is 0 Å². The van der Waals surface area contributed by atoms with E-state index in [1.807, 2.05) is 24.4 Å². The van der Waals surface area contributed by atoms with Crippen molar-refractivity contribution in [3.8, 4) is 5.75 Å². The van der Waals surface area contributed by atoms with Gasteiger partial charge in [0.15, 0.2) is 5.82 Å². The molecule has 0 atom stereocenters. The first kappa shape index (κ1) is 20.0.